The molecule has 1 saturated carbocycles. The van der Waals surface area contributed by atoms with Crippen LogP contribution in [0.1, 0.15) is 29.3 Å². The fourth-order valence-electron chi connectivity index (χ4n) is 3.89. The maximum Gasteiger partial charge on any atom is 0.406 e. The van der Waals surface area contributed by atoms with Gasteiger partial charge >= 0.3 is 24.0 Å². The molecule has 0 aromatic carbocycles. The van der Waals surface area contributed by atoms with E-state index in [2.05, 4.69) is 6.07 Å². The number of carbonyl (C=O) groups is 3. The van der Waals surface area contributed by atoms with Crippen molar-refractivity contribution >= 4 is 29.2 Å². The zero-order chi connectivity index (χ0) is 18.6. The lowest BCUT2D eigenvalue weighted by Gasteiger charge is -2.34. The highest BCUT2D eigenvalue weighted by atomic mass is 32.1. The number of imide groups is 2. The highest BCUT2D eigenvalue weighted by Crippen LogP contribution is 2.42. The Hall–Kier alpha value is -1.94. The Morgan fingerprint density at radius 1 is 1.15 bits per heavy atom. The fourth-order valence-corrected chi connectivity index (χ4v) is 4.82. The van der Waals surface area contributed by atoms with E-state index in [1.54, 1.807) is 11.3 Å². The van der Waals surface area contributed by atoms with Gasteiger partial charge in [0.2, 0.25) is 0 Å². The van der Waals surface area contributed by atoms with Crippen LogP contribution in [0.2, 0.25) is 0 Å². The van der Waals surface area contributed by atoms with E-state index < -0.39 is 30.6 Å². The Kier molecular flexibility index (Phi) is 4.07. The third-order valence-electron chi connectivity index (χ3n) is 5.16. The van der Waals surface area contributed by atoms with E-state index in [-0.39, 0.29) is 17.6 Å². The van der Waals surface area contributed by atoms with Gasteiger partial charge in [0.15, 0.2) is 6.67 Å². The number of thiophene rings is 1. The summed E-state index contributed by atoms with van der Waals surface area (Å²) in [5, 5.41) is 2.02. The molecule has 2 aliphatic heterocycles. The molecule has 0 radical (unpaired) electrons. The summed E-state index contributed by atoms with van der Waals surface area (Å²) in [6.07, 6.45) is -1.82. The van der Waals surface area contributed by atoms with Crippen LogP contribution < -0.4 is 4.90 Å². The van der Waals surface area contributed by atoms with Crippen molar-refractivity contribution in [2.24, 2.45) is 5.92 Å². The van der Waals surface area contributed by atoms with Gasteiger partial charge in [0.05, 0.1) is 6.54 Å². The Labute approximate surface area is 151 Å². The third kappa shape index (κ3) is 3.01. The van der Waals surface area contributed by atoms with E-state index in [1.165, 1.54) is 10.4 Å². The minimum absolute atomic E-state index is 0.00608. The molecule has 140 valence electrons. The summed E-state index contributed by atoms with van der Waals surface area (Å²) in [6.45, 7) is -1.13. The maximum atomic E-state index is 12.6. The molecular formula is C16H17F3N3O3S+. The topological polar surface area (TPSA) is 62.1 Å². The van der Waals surface area contributed by atoms with Crippen LogP contribution in [0.5, 0.6) is 0 Å². The first-order valence-corrected chi connectivity index (χ1v) is 9.29. The average molecular weight is 388 g/mol. The molecule has 1 unspecified atom stereocenters. The number of rotatable bonds is 4. The summed E-state index contributed by atoms with van der Waals surface area (Å²) in [5.41, 5.74) is 1.20. The number of nitrogens with zero attached hydrogens (tertiary/aromatic N) is 2. The molecule has 2 fully saturated rings. The molecule has 0 bridgehead atoms. The second-order valence-electron chi connectivity index (χ2n) is 6.95. The molecule has 4 amide bonds. The molecule has 6 nitrogen and oxygen atoms in total. The lowest BCUT2D eigenvalue weighted by molar-refractivity contribution is -0.943. The Bertz CT molecular complexity index is 774. The average Bonchev–Trinajstić information content (AvgIpc) is 3.26. The number of urea groups is 1. The Balaban J connectivity index is 1.54. The number of carbonyl (C=O) groups excluding carboxylic acids is 3. The summed E-state index contributed by atoms with van der Waals surface area (Å²) >= 11 is 1.68. The second-order valence-corrected chi connectivity index (χ2v) is 7.95. The smallest absolute Gasteiger partial charge is 0.311 e. The number of alkyl halides is 3. The number of quaternary nitrogens is 1. The quantitative estimate of drug-likeness (QED) is 0.617. The van der Waals surface area contributed by atoms with E-state index in [0.29, 0.717) is 17.4 Å². The predicted octanol–water partition coefficient (Wildman–Crippen LogP) is 0.951. The van der Waals surface area contributed by atoms with Gasteiger partial charge < -0.3 is 4.90 Å². The van der Waals surface area contributed by atoms with Gasteiger partial charge in [-0.1, -0.05) is 0 Å². The summed E-state index contributed by atoms with van der Waals surface area (Å²) < 4.78 is 37.8. The van der Waals surface area contributed by atoms with Crippen molar-refractivity contribution in [1.82, 2.24) is 9.80 Å². The van der Waals surface area contributed by atoms with E-state index in [0.717, 1.165) is 24.2 Å². The third-order valence-corrected chi connectivity index (χ3v) is 6.15. The van der Waals surface area contributed by atoms with Crippen LogP contribution in [0.3, 0.4) is 0 Å². The van der Waals surface area contributed by atoms with Crippen molar-refractivity contribution < 1.29 is 32.5 Å². The van der Waals surface area contributed by atoms with Crippen molar-refractivity contribution in [3.8, 4) is 0 Å². The normalized spacial score (nSPS) is 26.7. The minimum atomic E-state index is -4.73. The van der Waals surface area contributed by atoms with Gasteiger partial charge in [-0.3, -0.25) is 9.59 Å². The van der Waals surface area contributed by atoms with Crippen LogP contribution in [-0.2, 0) is 16.0 Å². The lowest BCUT2D eigenvalue weighted by atomic mass is 9.96. The lowest BCUT2D eigenvalue weighted by Crippen LogP contribution is -3.15. The number of halogens is 3. The molecule has 10 heteroatoms. The SMILES string of the molecule is O=C1C(=O)N(CC(F)(F)F)C(=O)N1C[NH+]1CCc2sccc2[C@H]1C1CC1. The molecule has 1 saturated heterocycles. The van der Waals surface area contributed by atoms with Crippen LogP contribution in [0.25, 0.3) is 0 Å². The van der Waals surface area contributed by atoms with Crippen LogP contribution in [0.15, 0.2) is 11.4 Å². The van der Waals surface area contributed by atoms with Crippen molar-refractivity contribution in [2.45, 2.75) is 31.5 Å². The monoisotopic (exact) mass is 388 g/mol. The summed E-state index contributed by atoms with van der Waals surface area (Å²) in [4.78, 5) is 39.1. The molecule has 2 atom stereocenters. The molecule has 26 heavy (non-hydrogen) atoms. The molecule has 3 aliphatic rings. The predicted molar refractivity (Wildman–Crippen MR) is 84.2 cm³/mol. The van der Waals surface area contributed by atoms with Crippen molar-refractivity contribution in [1.29, 1.82) is 0 Å². The zero-order valence-electron chi connectivity index (χ0n) is 13.7. The van der Waals surface area contributed by atoms with Gasteiger partial charge in [-0.2, -0.15) is 13.2 Å². The first-order chi connectivity index (χ1) is 12.3. The highest BCUT2D eigenvalue weighted by molar-refractivity contribution is 7.10. The minimum Gasteiger partial charge on any atom is -0.311 e. The van der Waals surface area contributed by atoms with Crippen LogP contribution in [0, 0.1) is 5.92 Å². The van der Waals surface area contributed by atoms with Gasteiger partial charge in [0.1, 0.15) is 12.6 Å². The molecule has 4 rings (SSSR count). The van der Waals surface area contributed by atoms with Crippen molar-refractivity contribution in [2.75, 3.05) is 19.8 Å². The molecule has 1 N–H and O–H groups in total. The van der Waals surface area contributed by atoms with Crippen LogP contribution in [0.4, 0.5) is 18.0 Å². The summed E-state index contributed by atoms with van der Waals surface area (Å²) in [7, 11) is 0. The largest absolute Gasteiger partial charge is 0.406 e. The molecule has 1 aliphatic carbocycles. The fraction of sp³-hybridized carbons (Fsp3) is 0.562. The highest BCUT2D eigenvalue weighted by Gasteiger charge is 2.52. The van der Waals surface area contributed by atoms with E-state index >= 15 is 0 Å². The van der Waals surface area contributed by atoms with E-state index in [1.807, 2.05) is 5.38 Å². The first-order valence-electron chi connectivity index (χ1n) is 8.41. The second kappa shape index (κ2) is 6.05. The Morgan fingerprint density at radius 3 is 2.50 bits per heavy atom. The van der Waals surface area contributed by atoms with E-state index in [4.69, 9.17) is 0 Å². The van der Waals surface area contributed by atoms with Gasteiger partial charge in [-0.15, -0.1) is 11.3 Å². The van der Waals surface area contributed by atoms with Crippen molar-refractivity contribution in [3.05, 3.63) is 21.9 Å². The Morgan fingerprint density at radius 2 is 1.85 bits per heavy atom. The van der Waals surface area contributed by atoms with Crippen LogP contribution in [-0.4, -0.2) is 53.6 Å². The summed E-state index contributed by atoms with van der Waals surface area (Å²) in [6, 6.07) is 1.00. The first kappa shape index (κ1) is 17.5. The van der Waals surface area contributed by atoms with Gasteiger partial charge in [-0.25, -0.2) is 14.6 Å². The molecular weight excluding hydrogens is 371 g/mol. The molecule has 1 aromatic rings. The van der Waals surface area contributed by atoms with Crippen molar-refractivity contribution in [3.63, 3.8) is 0 Å². The number of nitrogens with one attached hydrogen (secondary N) is 1. The van der Waals surface area contributed by atoms with Gasteiger partial charge in [0.25, 0.3) is 0 Å². The standard InChI is InChI=1S/C16H16F3N3O3S/c17-16(18,19)7-21-13(23)14(24)22(15(21)25)8-20-5-3-11-10(4-6-26-11)12(20)9-1-2-9/h4,6,9,12H,1-3,5,7-8H2/p+1/t12-/m1/s1. The molecule has 3 heterocycles. The van der Waals surface area contributed by atoms with Gasteiger partial charge in [0, 0.05) is 22.8 Å². The van der Waals surface area contributed by atoms with Crippen LogP contribution >= 0.6 is 11.3 Å². The number of amides is 4. The van der Waals surface area contributed by atoms with E-state index in [9.17, 15) is 27.6 Å². The molecule has 0 spiro atoms. The van der Waals surface area contributed by atoms with Gasteiger partial charge in [-0.05, 0) is 24.3 Å². The number of hydrogen-bond donors (Lipinski definition) is 1. The molecule has 1 aromatic heterocycles. The number of hydrogen-bond acceptors (Lipinski definition) is 4. The zero-order valence-corrected chi connectivity index (χ0v) is 14.5. The number of fused-ring (bicyclic) bond motifs is 1. The summed E-state index contributed by atoms with van der Waals surface area (Å²) in [5.74, 6) is -2.12. The maximum absolute atomic E-state index is 12.6.